The second kappa shape index (κ2) is 4.84. The third-order valence-corrected chi connectivity index (χ3v) is 1.67. The largest absolute Gasteiger partial charge is 0.322 e. The van der Waals surface area contributed by atoms with Crippen LogP contribution in [0.1, 0.15) is 0 Å². The van der Waals surface area contributed by atoms with Crippen LogP contribution < -0.4 is 5.32 Å². The molecule has 0 bridgehead atoms. The first-order valence-corrected chi connectivity index (χ1v) is 4.38. The minimum atomic E-state index is -0.776. The second-order valence-electron chi connectivity index (χ2n) is 3.41. The SMILES string of the molecule is CN(C)CC(=O)Nc1ccc(F)cc1F. The van der Waals surface area contributed by atoms with E-state index in [2.05, 4.69) is 5.32 Å². The first kappa shape index (κ1) is 11.6. The topological polar surface area (TPSA) is 32.3 Å². The standard InChI is InChI=1S/C10H12F2N2O/c1-14(2)6-10(15)13-9-4-3-7(11)5-8(9)12/h3-5H,6H2,1-2H3,(H,13,15). The molecule has 1 amide bonds. The van der Waals surface area contributed by atoms with Crippen molar-refractivity contribution >= 4 is 11.6 Å². The van der Waals surface area contributed by atoms with Crippen LogP contribution in [-0.4, -0.2) is 31.4 Å². The minimum Gasteiger partial charge on any atom is -0.322 e. The van der Waals surface area contributed by atoms with Gasteiger partial charge in [-0.25, -0.2) is 8.78 Å². The normalized spacial score (nSPS) is 10.5. The Morgan fingerprint density at radius 1 is 1.40 bits per heavy atom. The molecular weight excluding hydrogens is 202 g/mol. The number of benzene rings is 1. The van der Waals surface area contributed by atoms with E-state index in [1.54, 1.807) is 19.0 Å². The van der Waals surface area contributed by atoms with Crippen LogP contribution in [0, 0.1) is 11.6 Å². The summed E-state index contributed by atoms with van der Waals surface area (Å²) in [6, 6.07) is 3.01. The highest BCUT2D eigenvalue weighted by molar-refractivity contribution is 5.92. The average molecular weight is 214 g/mol. The van der Waals surface area contributed by atoms with E-state index in [-0.39, 0.29) is 18.1 Å². The fraction of sp³-hybridized carbons (Fsp3) is 0.300. The molecule has 0 spiro atoms. The van der Waals surface area contributed by atoms with E-state index in [1.807, 2.05) is 0 Å². The van der Waals surface area contributed by atoms with E-state index < -0.39 is 11.6 Å². The van der Waals surface area contributed by atoms with Crippen molar-refractivity contribution in [2.24, 2.45) is 0 Å². The third-order valence-electron chi connectivity index (χ3n) is 1.67. The van der Waals surface area contributed by atoms with E-state index >= 15 is 0 Å². The Morgan fingerprint density at radius 3 is 2.60 bits per heavy atom. The highest BCUT2D eigenvalue weighted by Crippen LogP contribution is 2.14. The minimum absolute atomic E-state index is 0.0109. The summed E-state index contributed by atoms with van der Waals surface area (Å²) in [5.74, 6) is -1.79. The van der Waals surface area contributed by atoms with Gasteiger partial charge in [0, 0.05) is 6.07 Å². The lowest BCUT2D eigenvalue weighted by atomic mass is 10.3. The van der Waals surface area contributed by atoms with Crippen molar-refractivity contribution in [1.29, 1.82) is 0 Å². The van der Waals surface area contributed by atoms with Gasteiger partial charge in [-0.2, -0.15) is 0 Å². The van der Waals surface area contributed by atoms with Gasteiger partial charge in [-0.05, 0) is 26.2 Å². The van der Waals surface area contributed by atoms with E-state index in [0.29, 0.717) is 0 Å². The molecule has 15 heavy (non-hydrogen) atoms. The van der Waals surface area contributed by atoms with E-state index in [0.717, 1.165) is 12.1 Å². The molecule has 1 aromatic rings. The Balaban J connectivity index is 2.68. The quantitative estimate of drug-likeness (QED) is 0.826. The molecule has 0 fully saturated rings. The molecule has 0 atom stereocenters. The third kappa shape index (κ3) is 3.63. The monoisotopic (exact) mass is 214 g/mol. The van der Waals surface area contributed by atoms with Crippen LogP contribution >= 0.6 is 0 Å². The number of amides is 1. The predicted molar refractivity (Wildman–Crippen MR) is 53.5 cm³/mol. The summed E-state index contributed by atoms with van der Waals surface area (Å²) in [5, 5.41) is 2.35. The van der Waals surface area contributed by atoms with Gasteiger partial charge in [0.1, 0.15) is 11.6 Å². The predicted octanol–water partition coefficient (Wildman–Crippen LogP) is 1.46. The van der Waals surface area contributed by atoms with Gasteiger partial charge in [-0.1, -0.05) is 0 Å². The Labute approximate surface area is 86.7 Å². The molecule has 82 valence electrons. The van der Waals surface area contributed by atoms with Crippen molar-refractivity contribution in [3.63, 3.8) is 0 Å². The average Bonchev–Trinajstić information content (AvgIpc) is 2.08. The second-order valence-corrected chi connectivity index (χ2v) is 3.41. The molecule has 0 unspecified atom stereocenters. The van der Waals surface area contributed by atoms with Gasteiger partial charge >= 0.3 is 0 Å². The van der Waals surface area contributed by atoms with Crippen LogP contribution in [0.15, 0.2) is 18.2 Å². The van der Waals surface area contributed by atoms with Gasteiger partial charge in [0.05, 0.1) is 12.2 Å². The lowest BCUT2D eigenvalue weighted by molar-refractivity contribution is -0.116. The Hall–Kier alpha value is -1.49. The zero-order valence-corrected chi connectivity index (χ0v) is 8.55. The molecule has 1 N–H and O–H groups in total. The van der Waals surface area contributed by atoms with Gasteiger partial charge in [-0.3, -0.25) is 4.79 Å². The Kier molecular flexibility index (Phi) is 3.74. The first-order chi connectivity index (χ1) is 6.99. The molecule has 0 radical (unpaired) electrons. The lowest BCUT2D eigenvalue weighted by Crippen LogP contribution is -2.27. The van der Waals surface area contributed by atoms with Gasteiger partial charge in [0.15, 0.2) is 0 Å². The summed E-state index contributed by atoms with van der Waals surface area (Å²) in [5.41, 5.74) is -0.0109. The summed E-state index contributed by atoms with van der Waals surface area (Å²) in [6.07, 6.45) is 0. The lowest BCUT2D eigenvalue weighted by Gasteiger charge is -2.10. The van der Waals surface area contributed by atoms with Crippen molar-refractivity contribution in [3.8, 4) is 0 Å². The van der Waals surface area contributed by atoms with Crippen molar-refractivity contribution in [1.82, 2.24) is 4.90 Å². The summed E-state index contributed by atoms with van der Waals surface area (Å²) in [6.45, 7) is 0.150. The van der Waals surface area contributed by atoms with Crippen molar-refractivity contribution < 1.29 is 13.6 Å². The molecule has 0 aliphatic rings. The van der Waals surface area contributed by atoms with Gasteiger partial charge in [-0.15, -0.1) is 0 Å². The van der Waals surface area contributed by atoms with Crippen molar-refractivity contribution in [2.75, 3.05) is 26.0 Å². The summed E-state index contributed by atoms with van der Waals surface area (Å²) >= 11 is 0. The maximum Gasteiger partial charge on any atom is 0.238 e. The molecule has 0 aromatic heterocycles. The zero-order valence-electron chi connectivity index (χ0n) is 8.55. The maximum absolute atomic E-state index is 13.1. The van der Waals surface area contributed by atoms with Gasteiger partial charge in [0.2, 0.25) is 5.91 Å². The number of halogens is 2. The molecule has 3 nitrogen and oxygen atoms in total. The number of hydrogen-bond donors (Lipinski definition) is 1. The number of hydrogen-bond acceptors (Lipinski definition) is 2. The van der Waals surface area contributed by atoms with Crippen LogP contribution in [0.3, 0.4) is 0 Å². The molecule has 0 heterocycles. The van der Waals surface area contributed by atoms with Crippen molar-refractivity contribution in [3.05, 3.63) is 29.8 Å². The Bertz CT molecular complexity index is 366. The van der Waals surface area contributed by atoms with Crippen LogP contribution in [0.5, 0.6) is 0 Å². The highest BCUT2D eigenvalue weighted by Gasteiger charge is 2.08. The first-order valence-electron chi connectivity index (χ1n) is 4.38. The fourth-order valence-corrected chi connectivity index (χ4v) is 1.07. The number of likely N-dealkylation sites (N-methyl/N-ethyl adjacent to an activating group) is 1. The van der Waals surface area contributed by atoms with Gasteiger partial charge in [0.25, 0.3) is 0 Å². The number of carbonyl (C=O) groups is 1. The van der Waals surface area contributed by atoms with Crippen molar-refractivity contribution in [2.45, 2.75) is 0 Å². The highest BCUT2D eigenvalue weighted by atomic mass is 19.1. The summed E-state index contributed by atoms with van der Waals surface area (Å²) < 4.78 is 25.6. The molecule has 0 aliphatic carbocycles. The van der Waals surface area contributed by atoms with E-state index in [9.17, 15) is 13.6 Å². The molecule has 0 saturated heterocycles. The summed E-state index contributed by atoms with van der Waals surface area (Å²) in [7, 11) is 3.45. The molecule has 1 aromatic carbocycles. The van der Waals surface area contributed by atoms with Crippen LogP contribution in [0.2, 0.25) is 0 Å². The Morgan fingerprint density at radius 2 is 2.07 bits per heavy atom. The maximum atomic E-state index is 13.1. The zero-order chi connectivity index (χ0) is 11.4. The molecular formula is C10H12F2N2O. The van der Waals surface area contributed by atoms with Crippen LogP contribution in [0.4, 0.5) is 14.5 Å². The molecule has 0 saturated carbocycles. The number of rotatable bonds is 3. The number of carbonyl (C=O) groups excluding carboxylic acids is 1. The van der Waals surface area contributed by atoms with Crippen LogP contribution in [-0.2, 0) is 4.79 Å². The fourth-order valence-electron chi connectivity index (χ4n) is 1.07. The van der Waals surface area contributed by atoms with E-state index in [1.165, 1.54) is 6.07 Å². The van der Waals surface area contributed by atoms with E-state index in [4.69, 9.17) is 0 Å². The molecule has 0 aliphatic heterocycles. The number of nitrogens with zero attached hydrogens (tertiary/aromatic N) is 1. The number of anilines is 1. The smallest absolute Gasteiger partial charge is 0.238 e. The molecule has 1 rings (SSSR count). The summed E-state index contributed by atoms with van der Waals surface area (Å²) in [4.78, 5) is 12.9. The molecule has 5 heteroatoms. The van der Waals surface area contributed by atoms with Gasteiger partial charge < -0.3 is 10.2 Å². The van der Waals surface area contributed by atoms with Crippen LogP contribution in [0.25, 0.3) is 0 Å². The number of nitrogens with one attached hydrogen (secondary N) is 1.